The molecule has 0 saturated heterocycles. The second-order valence-corrected chi connectivity index (χ2v) is 13.3. The van der Waals surface area contributed by atoms with Crippen LogP contribution in [0, 0.1) is 0 Å². The van der Waals surface area contributed by atoms with Crippen LogP contribution in [0.5, 0.6) is 0 Å². The summed E-state index contributed by atoms with van der Waals surface area (Å²) in [5.41, 5.74) is 13.6. The zero-order valence-electron chi connectivity index (χ0n) is 27.6. The van der Waals surface area contributed by atoms with Crippen LogP contribution in [0.2, 0.25) is 0 Å². The summed E-state index contributed by atoms with van der Waals surface area (Å²) in [6.45, 7) is 0. The Morgan fingerprint density at radius 2 is 0.941 bits per heavy atom. The maximum atomic E-state index is 6.34. The first-order chi connectivity index (χ1) is 25.3. The van der Waals surface area contributed by atoms with E-state index in [1.165, 1.54) is 65.9 Å². The molecule has 0 N–H and O–H groups in total. The fourth-order valence-electron chi connectivity index (χ4n) is 8.31. The maximum Gasteiger partial charge on any atom is 0.137 e. The summed E-state index contributed by atoms with van der Waals surface area (Å²) in [5.74, 6) is 0. The molecule has 8 aromatic carbocycles. The van der Waals surface area contributed by atoms with Gasteiger partial charge in [-0.25, -0.2) is 0 Å². The van der Waals surface area contributed by atoms with Crippen LogP contribution in [0.25, 0.3) is 99.2 Å². The lowest BCUT2D eigenvalue weighted by Gasteiger charge is -2.12. The number of para-hydroxylation sites is 3. The Morgan fingerprint density at radius 3 is 1.78 bits per heavy atom. The fraction of sp³-hybridized carbons (Fsp3) is 0. The third-order valence-electron chi connectivity index (χ3n) is 10.5. The Kier molecular flexibility index (Phi) is 5.96. The molecule has 0 aliphatic heterocycles. The Bertz CT molecular complexity index is 3120. The number of rotatable bonds is 4. The van der Waals surface area contributed by atoms with Crippen LogP contribution >= 0.6 is 0 Å². The van der Waals surface area contributed by atoms with E-state index in [9.17, 15) is 0 Å². The van der Waals surface area contributed by atoms with Gasteiger partial charge in [0.2, 0.25) is 0 Å². The number of nitrogens with zero attached hydrogens (tertiary/aromatic N) is 2. The van der Waals surface area contributed by atoms with Gasteiger partial charge >= 0.3 is 0 Å². The second-order valence-electron chi connectivity index (χ2n) is 13.3. The molecule has 0 amide bonds. The number of aromatic nitrogens is 2. The average molecular weight is 651 g/mol. The molecule has 0 bridgehead atoms. The molecule has 11 rings (SSSR count). The van der Waals surface area contributed by atoms with Crippen molar-refractivity contribution < 1.29 is 4.42 Å². The van der Waals surface area contributed by atoms with Crippen molar-refractivity contribution in [3.63, 3.8) is 0 Å². The molecule has 0 unspecified atom stereocenters. The Balaban J connectivity index is 1.16. The summed E-state index contributed by atoms with van der Waals surface area (Å²) < 4.78 is 11.2. The third-order valence-corrected chi connectivity index (χ3v) is 10.5. The van der Waals surface area contributed by atoms with E-state index in [1.54, 1.807) is 0 Å². The highest BCUT2D eigenvalue weighted by Gasteiger charge is 2.20. The maximum absolute atomic E-state index is 6.34. The van der Waals surface area contributed by atoms with Crippen molar-refractivity contribution in [2.75, 3.05) is 0 Å². The monoisotopic (exact) mass is 650 g/mol. The van der Waals surface area contributed by atoms with Gasteiger partial charge in [0.25, 0.3) is 0 Å². The number of hydrogen-bond acceptors (Lipinski definition) is 1. The van der Waals surface area contributed by atoms with E-state index < -0.39 is 0 Å². The molecule has 3 nitrogen and oxygen atoms in total. The molecule has 0 aliphatic carbocycles. The van der Waals surface area contributed by atoms with Crippen LogP contribution in [0.15, 0.2) is 186 Å². The van der Waals surface area contributed by atoms with Gasteiger partial charge in [0.1, 0.15) is 11.2 Å². The van der Waals surface area contributed by atoms with Crippen LogP contribution in [-0.4, -0.2) is 9.13 Å². The van der Waals surface area contributed by atoms with Crippen LogP contribution in [0.1, 0.15) is 0 Å². The summed E-state index contributed by atoms with van der Waals surface area (Å²) in [5, 5.41) is 7.22. The molecule has 3 aromatic heterocycles. The van der Waals surface area contributed by atoms with Gasteiger partial charge in [-0.1, -0.05) is 127 Å². The fourth-order valence-corrected chi connectivity index (χ4v) is 8.31. The number of hydrogen-bond donors (Lipinski definition) is 0. The largest absolute Gasteiger partial charge is 0.456 e. The van der Waals surface area contributed by atoms with Gasteiger partial charge in [-0.3, -0.25) is 0 Å². The molecular formula is C48H30N2O. The molecular weight excluding hydrogens is 621 g/mol. The van der Waals surface area contributed by atoms with Crippen LogP contribution in [0.4, 0.5) is 0 Å². The lowest BCUT2D eigenvalue weighted by molar-refractivity contribution is 0.669. The van der Waals surface area contributed by atoms with E-state index in [2.05, 4.69) is 185 Å². The van der Waals surface area contributed by atoms with Crippen molar-refractivity contribution in [1.82, 2.24) is 9.13 Å². The summed E-state index contributed by atoms with van der Waals surface area (Å²) in [6.07, 6.45) is 0. The van der Waals surface area contributed by atoms with Gasteiger partial charge in [0, 0.05) is 32.6 Å². The van der Waals surface area contributed by atoms with E-state index in [0.717, 1.165) is 33.3 Å². The number of fused-ring (bicyclic) bond motifs is 9. The molecule has 238 valence electrons. The Morgan fingerprint density at radius 1 is 0.333 bits per heavy atom. The van der Waals surface area contributed by atoms with Gasteiger partial charge in [0.15, 0.2) is 0 Å². The lowest BCUT2D eigenvalue weighted by Crippen LogP contribution is -1.95. The van der Waals surface area contributed by atoms with Crippen LogP contribution in [0.3, 0.4) is 0 Å². The summed E-state index contributed by atoms with van der Waals surface area (Å²) >= 11 is 0. The highest BCUT2D eigenvalue weighted by Crippen LogP contribution is 2.43. The molecule has 0 saturated carbocycles. The van der Waals surface area contributed by atoms with Crippen molar-refractivity contribution >= 4 is 65.6 Å². The highest BCUT2D eigenvalue weighted by molar-refractivity contribution is 6.19. The standard InChI is InChI=1S/C48H30N2O/c1-2-12-31(13-3-1)32-24-27-34(28-25-32)49-40-18-7-4-14-36(40)37-29-26-33(30-44(37)49)35-17-10-20-42-47(35)38-15-5-8-19-41(38)50(42)43-21-11-23-46-48(43)39-16-6-9-22-45(39)51-46/h1-30H. The lowest BCUT2D eigenvalue weighted by atomic mass is 9.98. The van der Waals surface area contributed by atoms with Gasteiger partial charge < -0.3 is 13.6 Å². The molecule has 3 heterocycles. The van der Waals surface area contributed by atoms with Gasteiger partial charge in [-0.2, -0.15) is 0 Å². The normalized spacial score (nSPS) is 11.9. The smallest absolute Gasteiger partial charge is 0.137 e. The Labute approximate surface area is 293 Å². The van der Waals surface area contributed by atoms with Gasteiger partial charge in [-0.15, -0.1) is 0 Å². The molecule has 51 heavy (non-hydrogen) atoms. The van der Waals surface area contributed by atoms with Crippen LogP contribution in [-0.2, 0) is 0 Å². The van der Waals surface area contributed by atoms with E-state index in [-0.39, 0.29) is 0 Å². The van der Waals surface area contributed by atoms with Gasteiger partial charge in [0.05, 0.1) is 33.1 Å². The molecule has 0 radical (unpaired) electrons. The SMILES string of the molecule is c1ccc(-c2ccc(-n3c4ccccc4c4ccc(-c5cccc6c5c5ccccc5n6-c5cccc6oc7ccccc7c56)cc43)cc2)cc1. The molecule has 3 heteroatoms. The van der Waals surface area contributed by atoms with Crippen molar-refractivity contribution in [2.45, 2.75) is 0 Å². The first kappa shape index (κ1) is 28.0. The zero-order chi connectivity index (χ0) is 33.5. The minimum Gasteiger partial charge on any atom is -0.456 e. The molecule has 11 aromatic rings. The van der Waals surface area contributed by atoms with Crippen molar-refractivity contribution in [1.29, 1.82) is 0 Å². The summed E-state index contributed by atoms with van der Waals surface area (Å²) in [7, 11) is 0. The van der Waals surface area contributed by atoms with E-state index in [1.807, 2.05) is 6.07 Å². The van der Waals surface area contributed by atoms with Gasteiger partial charge in [-0.05, 0) is 76.9 Å². The summed E-state index contributed by atoms with van der Waals surface area (Å²) in [6, 6.07) is 65.5. The van der Waals surface area contributed by atoms with Crippen molar-refractivity contribution in [3.8, 4) is 33.6 Å². The first-order valence-electron chi connectivity index (χ1n) is 17.4. The van der Waals surface area contributed by atoms with Crippen LogP contribution < -0.4 is 0 Å². The van der Waals surface area contributed by atoms with Crippen molar-refractivity contribution in [2.24, 2.45) is 0 Å². The highest BCUT2D eigenvalue weighted by atomic mass is 16.3. The number of benzene rings is 8. The van der Waals surface area contributed by atoms with E-state index >= 15 is 0 Å². The molecule has 0 aliphatic rings. The molecule has 0 atom stereocenters. The topological polar surface area (TPSA) is 23.0 Å². The Hall–Kier alpha value is -6.84. The predicted octanol–water partition coefficient (Wildman–Crippen LogP) is 13.1. The zero-order valence-corrected chi connectivity index (χ0v) is 27.6. The first-order valence-corrected chi connectivity index (χ1v) is 17.4. The quantitative estimate of drug-likeness (QED) is 0.186. The van der Waals surface area contributed by atoms with E-state index in [0.29, 0.717) is 0 Å². The number of furan rings is 1. The molecule has 0 fully saturated rings. The predicted molar refractivity (Wildman–Crippen MR) is 213 cm³/mol. The minimum absolute atomic E-state index is 0.894. The summed E-state index contributed by atoms with van der Waals surface area (Å²) in [4.78, 5) is 0. The molecule has 0 spiro atoms. The third kappa shape index (κ3) is 4.12. The van der Waals surface area contributed by atoms with Crippen molar-refractivity contribution in [3.05, 3.63) is 182 Å². The van der Waals surface area contributed by atoms with E-state index in [4.69, 9.17) is 4.42 Å². The average Bonchev–Trinajstić information content (AvgIpc) is 3.86. The second kappa shape index (κ2) is 10.8. The minimum atomic E-state index is 0.894.